The highest BCUT2D eigenvalue weighted by molar-refractivity contribution is 14.1. The molecule has 0 aliphatic rings. The highest BCUT2D eigenvalue weighted by Gasteiger charge is 2.15. The Kier molecular flexibility index (Phi) is 3.53. The summed E-state index contributed by atoms with van der Waals surface area (Å²) in [7, 11) is 0. The van der Waals surface area contributed by atoms with Crippen LogP contribution in [0.4, 0.5) is 4.39 Å². The van der Waals surface area contributed by atoms with Crippen molar-refractivity contribution in [2.45, 2.75) is 0 Å². The first-order valence-electron chi connectivity index (χ1n) is 4.55. The number of hydrogen-bond donors (Lipinski definition) is 1. The van der Waals surface area contributed by atoms with Gasteiger partial charge in [0.05, 0.1) is 5.69 Å². The normalized spacial score (nSPS) is 10.5. The van der Waals surface area contributed by atoms with Gasteiger partial charge >= 0.3 is 5.97 Å². The molecule has 6 heteroatoms. The first-order valence-corrected chi connectivity index (χ1v) is 6.43. The van der Waals surface area contributed by atoms with Crippen LogP contribution in [0.15, 0.2) is 34.9 Å². The molecule has 0 aliphatic carbocycles. The van der Waals surface area contributed by atoms with E-state index in [9.17, 15) is 9.18 Å². The topological polar surface area (TPSA) is 42.2 Å². The minimum Gasteiger partial charge on any atom is -0.477 e. The molecule has 0 aliphatic heterocycles. The zero-order valence-corrected chi connectivity index (χ0v) is 12.1. The quantitative estimate of drug-likeness (QED) is 0.769. The molecule has 2 aromatic rings. The van der Waals surface area contributed by atoms with E-state index in [4.69, 9.17) is 5.11 Å². The zero-order chi connectivity index (χ0) is 12.6. The smallest absolute Gasteiger partial charge is 0.352 e. The molecule has 1 heterocycles. The lowest BCUT2D eigenvalue weighted by molar-refractivity contribution is 0.0688. The molecule has 0 radical (unpaired) electrons. The fourth-order valence-electron chi connectivity index (χ4n) is 1.47. The minimum atomic E-state index is -1.09. The van der Waals surface area contributed by atoms with Crippen LogP contribution in [0.5, 0.6) is 0 Å². The molecule has 1 aromatic heterocycles. The second-order valence-electron chi connectivity index (χ2n) is 3.31. The summed E-state index contributed by atoms with van der Waals surface area (Å²) in [6.07, 6.45) is 1.58. The van der Waals surface area contributed by atoms with Crippen LogP contribution in [-0.4, -0.2) is 15.6 Å². The number of halogens is 3. The Labute approximate surface area is 119 Å². The number of rotatable bonds is 2. The maximum atomic E-state index is 13.7. The molecule has 0 saturated heterocycles. The number of carboxylic acids is 1. The summed E-state index contributed by atoms with van der Waals surface area (Å²) in [6.45, 7) is 0. The van der Waals surface area contributed by atoms with Crippen molar-refractivity contribution in [1.29, 1.82) is 0 Å². The molecule has 17 heavy (non-hydrogen) atoms. The molecule has 2 rings (SSSR count). The molecule has 0 unspecified atom stereocenters. The van der Waals surface area contributed by atoms with E-state index in [2.05, 4.69) is 15.9 Å². The van der Waals surface area contributed by atoms with E-state index in [1.807, 2.05) is 22.6 Å². The molecule has 0 spiro atoms. The third-order valence-corrected chi connectivity index (χ3v) is 3.26. The van der Waals surface area contributed by atoms with Crippen LogP contribution in [0.2, 0.25) is 0 Å². The number of carbonyl (C=O) groups is 1. The molecular formula is C11H6BrFINO2. The fraction of sp³-hybridized carbons (Fsp3) is 0. The van der Waals surface area contributed by atoms with Gasteiger partial charge in [-0.15, -0.1) is 0 Å². The lowest BCUT2D eigenvalue weighted by Gasteiger charge is -2.07. The third kappa shape index (κ3) is 2.52. The van der Waals surface area contributed by atoms with Crippen molar-refractivity contribution in [3.05, 3.63) is 50.0 Å². The highest BCUT2D eigenvalue weighted by Crippen LogP contribution is 2.22. The van der Waals surface area contributed by atoms with E-state index in [0.717, 1.165) is 3.57 Å². The van der Waals surface area contributed by atoms with Crippen molar-refractivity contribution in [3.8, 4) is 5.69 Å². The number of hydrogen-bond acceptors (Lipinski definition) is 1. The summed E-state index contributed by atoms with van der Waals surface area (Å²) in [4.78, 5) is 11.0. The van der Waals surface area contributed by atoms with Crippen LogP contribution in [0.25, 0.3) is 5.69 Å². The van der Waals surface area contributed by atoms with Crippen molar-refractivity contribution >= 4 is 44.5 Å². The van der Waals surface area contributed by atoms with E-state index in [1.54, 1.807) is 12.3 Å². The number of benzene rings is 1. The molecule has 88 valence electrons. The second kappa shape index (κ2) is 4.77. The maximum Gasteiger partial charge on any atom is 0.352 e. The Morgan fingerprint density at radius 2 is 2.12 bits per heavy atom. The molecule has 1 aromatic carbocycles. The number of nitrogens with zero attached hydrogens (tertiary/aromatic N) is 1. The summed E-state index contributed by atoms with van der Waals surface area (Å²) in [6, 6.07) is 5.98. The minimum absolute atomic E-state index is 0.0376. The van der Waals surface area contributed by atoms with Gasteiger partial charge in [-0.2, -0.15) is 0 Å². The molecule has 0 amide bonds. The van der Waals surface area contributed by atoms with Gasteiger partial charge in [0.25, 0.3) is 0 Å². The summed E-state index contributed by atoms with van der Waals surface area (Å²) >= 11 is 5.14. The molecular weight excluding hydrogens is 404 g/mol. The Morgan fingerprint density at radius 1 is 1.41 bits per heavy atom. The predicted octanol–water partition coefficient (Wildman–Crippen LogP) is 3.68. The molecule has 0 fully saturated rings. The molecule has 0 bridgehead atoms. The lowest BCUT2D eigenvalue weighted by Crippen LogP contribution is -2.07. The van der Waals surface area contributed by atoms with Crippen LogP contribution >= 0.6 is 38.5 Å². The molecule has 0 saturated carbocycles. The average molecular weight is 410 g/mol. The van der Waals surface area contributed by atoms with E-state index < -0.39 is 11.8 Å². The van der Waals surface area contributed by atoms with Crippen molar-refractivity contribution in [2.24, 2.45) is 0 Å². The Balaban J connectivity index is 2.63. The lowest BCUT2D eigenvalue weighted by atomic mass is 10.3. The zero-order valence-electron chi connectivity index (χ0n) is 8.32. The molecule has 3 nitrogen and oxygen atoms in total. The number of carboxylic acid groups (broad SMARTS) is 1. The third-order valence-electron chi connectivity index (χ3n) is 2.17. The number of aromatic nitrogens is 1. The van der Waals surface area contributed by atoms with Crippen LogP contribution in [0.1, 0.15) is 10.5 Å². The van der Waals surface area contributed by atoms with E-state index >= 15 is 0 Å². The van der Waals surface area contributed by atoms with E-state index in [-0.39, 0.29) is 11.4 Å². The van der Waals surface area contributed by atoms with Crippen molar-refractivity contribution in [2.75, 3.05) is 0 Å². The average Bonchev–Trinajstić information content (AvgIpc) is 2.60. The van der Waals surface area contributed by atoms with Gasteiger partial charge < -0.3 is 9.67 Å². The van der Waals surface area contributed by atoms with Gasteiger partial charge in [0.2, 0.25) is 0 Å². The summed E-state index contributed by atoms with van der Waals surface area (Å²) < 4.78 is 16.4. The van der Waals surface area contributed by atoms with Gasteiger partial charge in [0, 0.05) is 14.2 Å². The fourth-order valence-corrected chi connectivity index (χ4v) is 2.38. The molecule has 0 atom stereocenters. The van der Waals surface area contributed by atoms with Gasteiger partial charge in [0.15, 0.2) is 0 Å². The van der Waals surface area contributed by atoms with Crippen LogP contribution in [0.3, 0.4) is 0 Å². The van der Waals surface area contributed by atoms with Crippen LogP contribution < -0.4 is 0 Å². The predicted molar refractivity (Wildman–Crippen MR) is 73.1 cm³/mol. The van der Waals surface area contributed by atoms with Gasteiger partial charge in [0.1, 0.15) is 11.5 Å². The number of aromatic carboxylic acids is 1. The van der Waals surface area contributed by atoms with E-state index in [1.165, 1.54) is 22.8 Å². The first-order chi connectivity index (χ1) is 7.99. The van der Waals surface area contributed by atoms with Crippen molar-refractivity contribution < 1.29 is 14.3 Å². The Morgan fingerprint density at radius 3 is 2.71 bits per heavy atom. The summed E-state index contributed by atoms with van der Waals surface area (Å²) in [5, 5.41) is 9.03. The van der Waals surface area contributed by atoms with Crippen molar-refractivity contribution in [1.82, 2.24) is 4.57 Å². The van der Waals surface area contributed by atoms with Gasteiger partial charge in [-0.1, -0.05) is 15.9 Å². The van der Waals surface area contributed by atoms with Gasteiger partial charge in [-0.05, 0) is 46.9 Å². The van der Waals surface area contributed by atoms with Crippen LogP contribution in [-0.2, 0) is 0 Å². The summed E-state index contributed by atoms with van der Waals surface area (Å²) in [5.41, 5.74) is 0.254. The second-order valence-corrected chi connectivity index (χ2v) is 5.48. The largest absolute Gasteiger partial charge is 0.477 e. The SMILES string of the molecule is O=C(O)c1cc(I)cn1-c1ccc(Br)cc1F. The van der Waals surface area contributed by atoms with Gasteiger partial charge in [-0.25, -0.2) is 9.18 Å². The first kappa shape index (κ1) is 12.6. The summed E-state index contributed by atoms with van der Waals surface area (Å²) in [5.74, 6) is -1.57. The maximum absolute atomic E-state index is 13.7. The highest BCUT2D eigenvalue weighted by atomic mass is 127. The Bertz CT molecular complexity index is 597. The van der Waals surface area contributed by atoms with Crippen LogP contribution in [0, 0.1) is 9.39 Å². The monoisotopic (exact) mass is 409 g/mol. The van der Waals surface area contributed by atoms with E-state index in [0.29, 0.717) is 4.47 Å². The molecule has 1 N–H and O–H groups in total. The van der Waals surface area contributed by atoms with Crippen molar-refractivity contribution in [3.63, 3.8) is 0 Å². The standard InChI is InChI=1S/C11H6BrFINO2/c12-6-1-2-9(8(13)3-6)15-5-7(14)4-10(15)11(16)17/h1-5H,(H,16,17). The Hall–Kier alpha value is -0.890. The van der Waals surface area contributed by atoms with Gasteiger partial charge in [-0.3, -0.25) is 0 Å².